The lowest BCUT2D eigenvalue weighted by atomic mass is 9.41. The maximum Gasteiger partial charge on any atom is 0.313 e. The van der Waals surface area contributed by atoms with Crippen molar-refractivity contribution < 1.29 is 83.5 Å². The fourth-order valence-electron chi connectivity index (χ4n) is 14.6. The average molecular weight is 913 g/mol. The summed E-state index contributed by atoms with van der Waals surface area (Å²) in [5, 5.41) is 86.6. The lowest BCUT2D eigenvalue weighted by molar-refractivity contribution is -0.364. The van der Waals surface area contributed by atoms with Crippen molar-refractivity contribution in [2.24, 2.45) is 45.3 Å². The first-order valence-corrected chi connectivity index (χ1v) is 23.8. The summed E-state index contributed by atoms with van der Waals surface area (Å²) in [6.45, 7) is 14.2. The number of carbonyl (C=O) groups excluding carboxylic acids is 1. The number of methoxy groups -OCH3 is 1. The molecule has 8 aliphatic rings. The van der Waals surface area contributed by atoms with Gasteiger partial charge in [-0.2, -0.15) is 0 Å². The van der Waals surface area contributed by atoms with Gasteiger partial charge in [-0.1, -0.05) is 53.2 Å². The Kier molecular flexibility index (Phi) is 13.7. The van der Waals surface area contributed by atoms with E-state index in [0.717, 1.165) is 38.5 Å². The predicted molar refractivity (Wildman–Crippen MR) is 225 cm³/mol. The van der Waals surface area contributed by atoms with Gasteiger partial charge in [0.25, 0.3) is 0 Å². The summed E-state index contributed by atoms with van der Waals surface area (Å²) in [5.41, 5.74) is -0.687. The molecule has 0 aromatic rings. The van der Waals surface area contributed by atoms with Crippen LogP contribution >= 0.6 is 0 Å². The van der Waals surface area contributed by atoms with Crippen LogP contribution in [0.5, 0.6) is 0 Å². The van der Waals surface area contributed by atoms with Crippen LogP contribution < -0.4 is 0 Å². The van der Waals surface area contributed by atoms with Gasteiger partial charge in [0, 0.05) is 24.9 Å². The molecule has 4 aliphatic carbocycles. The van der Waals surface area contributed by atoms with Crippen LogP contribution in [0.15, 0.2) is 11.6 Å². The quantitative estimate of drug-likeness (QED) is 0.102. The average Bonchev–Trinajstić information content (AvgIpc) is 3.67. The third kappa shape index (κ3) is 7.76. The summed E-state index contributed by atoms with van der Waals surface area (Å²) in [5.74, 6) is 0.796. The van der Waals surface area contributed by atoms with E-state index in [4.69, 9.17) is 37.9 Å². The first-order valence-electron chi connectivity index (χ1n) is 23.8. The highest BCUT2D eigenvalue weighted by Gasteiger charge is 2.76. The molecule has 22 atom stereocenters. The number of rotatable bonds is 12. The Morgan fingerprint density at radius 2 is 1.47 bits per heavy atom. The Morgan fingerprint density at radius 3 is 2.16 bits per heavy atom. The van der Waals surface area contributed by atoms with Crippen molar-refractivity contribution in [2.75, 3.05) is 26.9 Å². The van der Waals surface area contributed by atoms with E-state index < -0.39 is 104 Å². The van der Waals surface area contributed by atoms with Crippen LogP contribution in [0.3, 0.4) is 0 Å². The highest BCUT2D eigenvalue weighted by atomic mass is 16.7. The Hall–Kier alpha value is -1.39. The van der Waals surface area contributed by atoms with Gasteiger partial charge in [-0.15, -0.1) is 0 Å². The van der Waals surface area contributed by atoms with Crippen LogP contribution in [0.2, 0.25) is 0 Å². The van der Waals surface area contributed by atoms with E-state index in [1.54, 1.807) is 0 Å². The Bertz CT molecular complexity index is 1710. The first-order chi connectivity index (χ1) is 30.1. The molecule has 4 saturated heterocycles. The number of esters is 1. The Balaban J connectivity index is 0.906. The molecule has 0 bridgehead atoms. The number of carbonyl (C=O) groups is 1. The largest absolute Gasteiger partial charge is 0.458 e. The predicted octanol–water partition coefficient (Wildman–Crippen LogP) is 1.45. The zero-order valence-electron chi connectivity index (χ0n) is 38.8. The lowest BCUT2D eigenvalue weighted by Gasteiger charge is -2.64. The van der Waals surface area contributed by atoms with Gasteiger partial charge < -0.3 is 78.7 Å². The summed E-state index contributed by atoms with van der Waals surface area (Å²) in [7, 11) is 1.26. The van der Waals surface area contributed by atoms with E-state index in [9.17, 15) is 45.6 Å². The topological polar surface area (TPSA) is 253 Å². The van der Waals surface area contributed by atoms with Gasteiger partial charge >= 0.3 is 5.97 Å². The Morgan fingerprint density at radius 1 is 0.781 bits per heavy atom. The van der Waals surface area contributed by atoms with Gasteiger partial charge in [0.2, 0.25) is 0 Å². The van der Waals surface area contributed by atoms with Crippen molar-refractivity contribution >= 4 is 5.97 Å². The minimum Gasteiger partial charge on any atom is -0.458 e. The molecule has 0 amide bonds. The van der Waals surface area contributed by atoms with Crippen molar-refractivity contribution in [2.45, 2.75) is 204 Å². The van der Waals surface area contributed by atoms with Crippen molar-refractivity contribution in [1.82, 2.24) is 0 Å². The SMILES string of the molecule is CO[C@@H]1[C@@H](O)[C@H](O[C@@H]2[C@@H](O)[C@H](O[C@@H]3CO[C@@H](O[C@H]4CC[C@]5(C)[C@@H]6CC[C@]78C(=O)O[C@@](C)(C[C@@H](O)CC(C)C)[C@H]7CC[C@@]8(C)C6=CC[C@H]5C4(C)C)[C@H](O)[C@H]3O)OC[C@H]2O)O[C@H](CO)[C@H]1O. The molecule has 8 N–H and O–H groups in total. The van der Waals surface area contributed by atoms with Crippen molar-refractivity contribution in [1.29, 1.82) is 0 Å². The van der Waals surface area contributed by atoms with Gasteiger partial charge in [0.15, 0.2) is 18.9 Å². The van der Waals surface area contributed by atoms with E-state index in [0.29, 0.717) is 25.2 Å². The molecule has 1 spiro atoms. The molecule has 17 nitrogen and oxygen atoms in total. The van der Waals surface area contributed by atoms with E-state index in [1.165, 1.54) is 12.7 Å². The zero-order chi connectivity index (χ0) is 46.5. The van der Waals surface area contributed by atoms with Gasteiger partial charge in [0.1, 0.15) is 66.6 Å². The first kappa shape index (κ1) is 49.0. The van der Waals surface area contributed by atoms with E-state index in [-0.39, 0.29) is 59.3 Å². The van der Waals surface area contributed by atoms with Crippen molar-refractivity contribution in [3.8, 4) is 0 Å². The summed E-state index contributed by atoms with van der Waals surface area (Å²) < 4.78 is 47.1. The summed E-state index contributed by atoms with van der Waals surface area (Å²) in [4.78, 5) is 14.3. The molecular formula is C47H76O17. The number of fused-ring (bicyclic) bond motifs is 4. The van der Waals surface area contributed by atoms with Crippen molar-refractivity contribution in [3.63, 3.8) is 0 Å². The van der Waals surface area contributed by atoms with Crippen LogP contribution in [-0.4, -0.2) is 171 Å². The normalized spacial score (nSPS) is 51.7. The minimum absolute atomic E-state index is 0.0486. The fourth-order valence-corrected chi connectivity index (χ4v) is 14.6. The molecule has 0 aromatic carbocycles. The summed E-state index contributed by atoms with van der Waals surface area (Å²) >= 11 is 0. The molecule has 0 aromatic heterocycles. The minimum atomic E-state index is -1.67. The smallest absolute Gasteiger partial charge is 0.313 e. The van der Waals surface area contributed by atoms with Crippen LogP contribution in [0.1, 0.15) is 106 Å². The highest BCUT2D eigenvalue weighted by molar-refractivity contribution is 5.83. The molecule has 4 aliphatic heterocycles. The number of hydrogen-bond donors (Lipinski definition) is 8. The number of cyclic esters (lactones) is 1. The fraction of sp³-hybridized carbons (Fsp3) is 0.936. The monoisotopic (exact) mass is 913 g/mol. The van der Waals surface area contributed by atoms with E-state index in [1.807, 2.05) is 0 Å². The molecule has 0 radical (unpaired) electrons. The van der Waals surface area contributed by atoms with Crippen LogP contribution in [0.4, 0.5) is 0 Å². The van der Waals surface area contributed by atoms with E-state index in [2.05, 4.69) is 54.5 Å². The molecule has 0 unspecified atom stereocenters. The highest BCUT2D eigenvalue weighted by Crippen LogP contribution is 2.76. The van der Waals surface area contributed by atoms with Gasteiger partial charge in [-0.05, 0) is 86.9 Å². The maximum atomic E-state index is 14.3. The molecule has 4 heterocycles. The molecule has 64 heavy (non-hydrogen) atoms. The Labute approximate surface area is 376 Å². The number of aliphatic hydroxyl groups is 8. The molecular weight excluding hydrogens is 836 g/mol. The molecule has 366 valence electrons. The summed E-state index contributed by atoms with van der Waals surface area (Å²) in [6, 6.07) is 0. The second kappa shape index (κ2) is 17.8. The molecule has 17 heteroatoms. The molecule has 3 saturated carbocycles. The van der Waals surface area contributed by atoms with Crippen LogP contribution in [0.25, 0.3) is 0 Å². The third-order valence-electron chi connectivity index (χ3n) is 17.9. The standard InChI is InChI=1S/C47H76O17/c1-22(2)17-23(49)18-46(7)30-12-15-45(6)25-9-10-29-43(3,4)31(13-14-44(29,5)24(25)11-16-47(30,45)42(56)64-46)62-39-34(53)32(51)28(21-59-39)61-40-35(54)37(26(50)20-58-40)63-41-36(55)38(57-8)33(52)27(19-48)60-41/h9,22-24,26-41,48-55H,10-21H2,1-8H3/t23-,24+,26+,27+,28+,29-,30+,31-,32-,33+,34+,35+,36+,37-,38-,39-,40-,41-,44+,45-,46-,47+/m0/s1. The van der Waals surface area contributed by atoms with Gasteiger partial charge in [-0.3, -0.25) is 4.79 Å². The van der Waals surface area contributed by atoms with Crippen LogP contribution in [0, 0.1) is 45.3 Å². The lowest BCUT2D eigenvalue weighted by Crippen LogP contribution is -2.64. The maximum absolute atomic E-state index is 14.3. The van der Waals surface area contributed by atoms with Crippen LogP contribution in [-0.2, 0) is 42.7 Å². The number of ether oxygens (including phenoxy) is 8. The second-order valence-corrected chi connectivity index (χ2v) is 22.2. The third-order valence-corrected chi connectivity index (χ3v) is 17.9. The van der Waals surface area contributed by atoms with Crippen molar-refractivity contribution in [3.05, 3.63) is 11.6 Å². The molecule has 7 fully saturated rings. The van der Waals surface area contributed by atoms with E-state index >= 15 is 0 Å². The number of hydrogen-bond acceptors (Lipinski definition) is 17. The van der Waals surface area contributed by atoms with Gasteiger partial charge in [-0.25, -0.2) is 0 Å². The summed E-state index contributed by atoms with van der Waals surface area (Å²) in [6.07, 6.45) is -9.62. The zero-order valence-corrected chi connectivity index (χ0v) is 38.8. The van der Waals surface area contributed by atoms with Gasteiger partial charge in [0.05, 0.1) is 37.4 Å². The second-order valence-electron chi connectivity index (χ2n) is 22.2. The number of allylic oxidation sites excluding steroid dienone is 2. The number of aliphatic hydroxyl groups excluding tert-OH is 8. The molecule has 8 rings (SSSR count).